The lowest BCUT2D eigenvalue weighted by molar-refractivity contribution is 0.311. The Kier molecular flexibility index (Phi) is 5.43. The molecule has 5 rings (SSSR count). The lowest BCUT2D eigenvalue weighted by Crippen LogP contribution is -2.47. The van der Waals surface area contributed by atoms with Crippen molar-refractivity contribution in [3.8, 4) is 5.75 Å². The van der Waals surface area contributed by atoms with Crippen molar-refractivity contribution in [2.75, 3.05) is 43.1 Å². The van der Waals surface area contributed by atoms with Gasteiger partial charge in [0, 0.05) is 32.7 Å². The Balaban J connectivity index is 1.32. The lowest BCUT2D eigenvalue weighted by atomic mass is 9.89. The van der Waals surface area contributed by atoms with E-state index in [1.165, 1.54) is 32.1 Å². The fraction of sp³-hybridized carbons (Fsp3) is 0.522. The van der Waals surface area contributed by atoms with Crippen molar-refractivity contribution in [1.82, 2.24) is 19.7 Å². The summed E-state index contributed by atoms with van der Waals surface area (Å²) in [6.45, 7) is 4.67. The molecule has 7 nitrogen and oxygen atoms in total. The number of ether oxygens (including phenoxy) is 1. The van der Waals surface area contributed by atoms with Gasteiger partial charge in [-0.3, -0.25) is 0 Å². The summed E-state index contributed by atoms with van der Waals surface area (Å²) in [5.41, 5.74) is 2.13. The van der Waals surface area contributed by atoms with Gasteiger partial charge in [-0.15, -0.1) is 0 Å². The second kappa shape index (κ2) is 8.50. The molecular formula is C23H30N6O. The van der Waals surface area contributed by atoms with Crippen molar-refractivity contribution in [2.24, 2.45) is 5.92 Å². The van der Waals surface area contributed by atoms with Crippen molar-refractivity contribution >= 4 is 22.5 Å². The van der Waals surface area contributed by atoms with Crippen molar-refractivity contribution in [3.05, 3.63) is 36.8 Å². The number of fused-ring (bicyclic) bond motifs is 1. The Hall–Kier alpha value is -2.83. The van der Waals surface area contributed by atoms with Gasteiger partial charge >= 0.3 is 0 Å². The molecule has 0 radical (unpaired) electrons. The Morgan fingerprint density at radius 2 is 1.73 bits per heavy atom. The summed E-state index contributed by atoms with van der Waals surface area (Å²) < 4.78 is 7.64. The predicted molar refractivity (Wildman–Crippen MR) is 119 cm³/mol. The monoisotopic (exact) mass is 406 g/mol. The molecule has 3 heterocycles. The van der Waals surface area contributed by atoms with E-state index >= 15 is 0 Å². The first-order valence-electron chi connectivity index (χ1n) is 11.1. The first-order valence-corrected chi connectivity index (χ1v) is 11.1. The van der Waals surface area contributed by atoms with Crippen LogP contribution in [0.25, 0.3) is 11.0 Å². The Morgan fingerprint density at radius 3 is 2.53 bits per heavy atom. The minimum absolute atomic E-state index is 0.727. The second-order valence-corrected chi connectivity index (χ2v) is 8.41. The van der Waals surface area contributed by atoms with Crippen molar-refractivity contribution in [1.29, 1.82) is 0 Å². The van der Waals surface area contributed by atoms with E-state index in [0.717, 1.165) is 66.9 Å². The van der Waals surface area contributed by atoms with Crippen LogP contribution in [0, 0.1) is 5.92 Å². The molecule has 0 bridgehead atoms. The van der Waals surface area contributed by atoms with Crippen LogP contribution in [0.5, 0.6) is 5.75 Å². The zero-order chi connectivity index (χ0) is 20.3. The summed E-state index contributed by atoms with van der Waals surface area (Å²) in [5.74, 6) is 2.67. The molecule has 1 saturated carbocycles. The third kappa shape index (κ3) is 3.68. The molecule has 0 atom stereocenters. The molecule has 1 aliphatic heterocycles. The molecule has 3 aromatic rings. The first-order chi connectivity index (χ1) is 14.8. The van der Waals surface area contributed by atoms with Gasteiger partial charge in [0.2, 0.25) is 0 Å². The Bertz CT molecular complexity index is 988. The number of nitrogens with zero attached hydrogens (tertiary/aromatic N) is 6. The number of hydrogen-bond acceptors (Lipinski definition) is 6. The molecule has 7 heteroatoms. The summed E-state index contributed by atoms with van der Waals surface area (Å²) >= 11 is 0. The van der Waals surface area contributed by atoms with Crippen molar-refractivity contribution in [3.63, 3.8) is 0 Å². The summed E-state index contributed by atoms with van der Waals surface area (Å²) in [6, 6.07) is 8.24. The SMILES string of the molecule is COc1ccccc1N1CCN(c2ncnc3c2cnn3CC2CCCCC2)CC1. The van der Waals surface area contributed by atoms with Crippen LogP contribution in [0.1, 0.15) is 32.1 Å². The van der Waals surface area contributed by atoms with Crippen LogP contribution in [0.2, 0.25) is 0 Å². The molecule has 0 amide bonds. The smallest absolute Gasteiger partial charge is 0.163 e. The summed E-state index contributed by atoms with van der Waals surface area (Å²) in [7, 11) is 1.73. The highest BCUT2D eigenvalue weighted by molar-refractivity contribution is 5.86. The number of para-hydroxylation sites is 2. The predicted octanol–water partition coefficient (Wildman–Crippen LogP) is 3.74. The second-order valence-electron chi connectivity index (χ2n) is 8.41. The van der Waals surface area contributed by atoms with Gasteiger partial charge in [0.1, 0.15) is 17.9 Å². The van der Waals surface area contributed by atoms with Gasteiger partial charge in [0.05, 0.1) is 24.4 Å². The van der Waals surface area contributed by atoms with Crippen LogP contribution < -0.4 is 14.5 Å². The average molecular weight is 407 g/mol. The van der Waals surface area contributed by atoms with E-state index in [2.05, 4.69) is 36.6 Å². The molecule has 1 saturated heterocycles. The molecule has 2 fully saturated rings. The molecule has 0 spiro atoms. The maximum atomic E-state index is 5.55. The number of benzene rings is 1. The summed E-state index contributed by atoms with van der Waals surface area (Å²) in [6.07, 6.45) is 10.3. The van der Waals surface area contributed by atoms with E-state index in [9.17, 15) is 0 Å². The van der Waals surface area contributed by atoms with Crippen LogP contribution in [0.4, 0.5) is 11.5 Å². The van der Waals surface area contributed by atoms with Gasteiger partial charge < -0.3 is 14.5 Å². The molecule has 158 valence electrons. The largest absolute Gasteiger partial charge is 0.495 e. The van der Waals surface area contributed by atoms with Crippen LogP contribution in [-0.2, 0) is 6.54 Å². The third-order valence-corrected chi connectivity index (χ3v) is 6.57. The molecule has 1 aromatic carbocycles. The highest BCUT2D eigenvalue weighted by Gasteiger charge is 2.23. The Morgan fingerprint density at radius 1 is 0.967 bits per heavy atom. The van der Waals surface area contributed by atoms with Crippen LogP contribution in [-0.4, -0.2) is 53.0 Å². The van der Waals surface area contributed by atoms with Crippen LogP contribution in [0.3, 0.4) is 0 Å². The maximum absolute atomic E-state index is 5.55. The van der Waals surface area contributed by atoms with Crippen LogP contribution >= 0.6 is 0 Å². The molecule has 30 heavy (non-hydrogen) atoms. The van der Waals surface area contributed by atoms with E-state index in [-0.39, 0.29) is 0 Å². The Labute approximate surface area is 177 Å². The minimum atomic E-state index is 0.727. The molecule has 0 N–H and O–H groups in total. The van der Waals surface area contributed by atoms with Gasteiger partial charge in [0.15, 0.2) is 5.65 Å². The van der Waals surface area contributed by atoms with E-state index in [4.69, 9.17) is 9.84 Å². The highest BCUT2D eigenvalue weighted by Crippen LogP contribution is 2.31. The minimum Gasteiger partial charge on any atom is -0.495 e. The zero-order valence-electron chi connectivity index (χ0n) is 17.7. The molecule has 2 aromatic heterocycles. The first kappa shape index (κ1) is 19.2. The summed E-state index contributed by atoms with van der Waals surface area (Å²) in [4.78, 5) is 14.0. The normalized spacial score (nSPS) is 18.2. The number of methoxy groups -OCH3 is 1. The third-order valence-electron chi connectivity index (χ3n) is 6.57. The molecular weight excluding hydrogens is 376 g/mol. The summed E-state index contributed by atoms with van der Waals surface area (Å²) in [5, 5.41) is 5.76. The standard InChI is InChI=1S/C23H30N6O/c1-30-21-10-6-5-9-20(21)27-11-13-28(14-12-27)22-19-15-26-29(23(19)25-17-24-22)16-18-7-3-2-4-8-18/h5-6,9-10,15,17-18H,2-4,7-8,11-14,16H2,1H3. The van der Waals surface area contributed by atoms with Gasteiger partial charge in [-0.2, -0.15) is 5.10 Å². The topological polar surface area (TPSA) is 59.3 Å². The van der Waals surface area contributed by atoms with E-state index in [0.29, 0.717) is 0 Å². The van der Waals surface area contributed by atoms with E-state index in [1.807, 2.05) is 18.3 Å². The van der Waals surface area contributed by atoms with E-state index in [1.54, 1.807) is 13.4 Å². The number of aromatic nitrogens is 4. The van der Waals surface area contributed by atoms with Crippen molar-refractivity contribution in [2.45, 2.75) is 38.6 Å². The average Bonchev–Trinajstić information content (AvgIpc) is 3.23. The lowest BCUT2D eigenvalue weighted by Gasteiger charge is -2.37. The quantitative estimate of drug-likeness (QED) is 0.643. The van der Waals surface area contributed by atoms with Gasteiger partial charge in [-0.1, -0.05) is 31.4 Å². The highest BCUT2D eigenvalue weighted by atomic mass is 16.5. The molecule has 0 unspecified atom stereocenters. The van der Waals surface area contributed by atoms with Gasteiger partial charge in [-0.25, -0.2) is 14.6 Å². The molecule has 2 aliphatic rings. The maximum Gasteiger partial charge on any atom is 0.163 e. The number of piperazine rings is 1. The molecule has 1 aliphatic carbocycles. The number of rotatable bonds is 5. The van der Waals surface area contributed by atoms with E-state index < -0.39 is 0 Å². The van der Waals surface area contributed by atoms with Crippen LogP contribution in [0.15, 0.2) is 36.8 Å². The number of hydrogen-bond donors (Lipinski definition) is 0. The number of anilines is 2. The fourth-order valence-electron chi connectivity index (χ4n) is 4.93. The van der Waals surface area contributed by atoms with Crippen molar-refractivity contribution < 1.29 is 4.74 Å². The van der Waals surface area contributed by atoms with Gasteiger partial charge in [-0.05, 0) is 30.9 Å². The zero-order valence-corrected chi connectivity index (χ0v) is 17.7. The van der Waals surface area contributed by atoms with Gasteiger partial charge in [0.25, 0.3) is 0 Å². The fourth-order valence-corrected chi connectivity index (χ4v) is 4.93.